The van der Waals surface area contributed by atoms with Gasteiger partial charge in [0.2, 0.25) is 0 Å². The fraction of sp³-hybridized carbons (Fsp3) is 0.222. The monoisotopic (exact) mass is 318 g/mol. The molecule has 1 atom stereocenters. The molecule has 1 aromatic heterocycles. The molecule has 90 valence electrons. The second-order valence-corrected chi connectivity index (χ2v) is 4.76. The van der Waals surface area contributed by atoms with E-state index < -0.39 is 5.91 Å². The SMILES string of the molecule is Nc1nsnc1C(=O)NC1C=C(Br)C(F)=CC1. The van der Waals surface area contributed by atoms with E-state index in [1.165, 1.54) is 6.08 Å². The molecule has 0 fully saturated rings. The Hall–Kier alpha value is -1.28. The highest BCUT2D eigenvalue weighted by Gasteiger charge is 2.20. The van der Waals surface area contributed by atoms with Crippen LogP contribution in [0.2, 0.25) is 0 Å². The quantitative estimate of drug-likeness (QED) is 0.870. The average Bonchev–Trinajstić information content (AvgIpc) is 2.70. The zero-order valence-corrected chi connectivity index (χ0v) is 10.9. The van der Waals surface area contributed by atoms with Gasteiger partial charge in [-0.2, -0.15) is 8.75 Å². The molecule has 0 spiro atoms. The number of nitrogens with two attached hydrogens (primary N) is 1. The second-order valence-electron chi connectivity index (χ2n) is 3.38. The van der Waals surface area contributed by atoms with Crippen molar-refractivity contribution in [3.63, 3.8) is 0 Å². The van der Waals surface area contributed by atoms with Crippen molar-refractivity contribution in [3.8, 4) is 0 Å². The van der Waals surface area contributed by atoms with E-state index in [1.807, 2.05) is 0 Å². The lowest BCUT2D eigenvalue weighted by molar-refractivity contribution is 0.0941. The van der Waals surface area contributed by atoms with Gasteiger partial charge in [-0.05, 0) is 34.5 Å². The molecule has 1 heterocycles. The maximum Gasteiger partial charge on any atom is 0.275 e. The van der Waals surface area contributed by atoms with Crippen LogP contribution in [0.4, 0.5) is 10.2 Å². The van der Waals surface area contributed by atoms with Gasteiger partial charge in [0.25, 0.3) is 5.91 Å². The third kappa shape index (κ3) is 2.70. The predicted octanol–water partition coefficient (Wildman–Crippen LogP) is 1.75. The molecule has 3 N–H and O–H groups in total. The van der Waals surface area contributed by atoms with Gasteiger partial charge >= 0.3 is 0 Å². The molecule has 0 bridgehead atoms. The highest BCUT2D eigenvalue weighted by molar-refractivity contribution is 9.11. The minimum atomic E-state index is -0.409. The average molecular weight is 319 g/mol. The number of allylic oxidation sites excluding steroid dienone is 2. The van der Waals surface area contributed by atoms with E-state index in [0.29, 0.717) is 10.9 Å². The van der Waals surface area contributed by atoms with Crippen LogP contribution in [0.25, 0.3) is 0 Å². The van der Waals surface area contributed by atoms with Crippen LogP contribution in [0.1, 0.15) is 16.9 Å². The van der Waals surface area contributed by atoms with Crippen LogP contribution in [0.5, 0.6) is 0 Å². The minimum Gasteiger partial charge on any atom is -0.381 e. The molecule has 1 aromatic rings. The largest absolute Gasteiger partial charge is 0.381 e. The van der Waals surface area contributed by atoms with E-state index in [1.54, 1.807) is 6.08 Å². The molecular weight excluding hydrogens is 311 g/mol. The molecule has 5 nitrogen and oxygen atoms in total. The molecule has 1 amide bonds. The van der Waals surface area contributed by atoms with Crippen LogP contribution in [0.15, 0.2) is 22.5 Å². The molecule has 0 aromatic carbocycles. The fourth-order valence-corrected chi connectivity index (χ4v) is 2.30. The van der Waals surface area contributed by atoms with Crippen LogP contribution in [0, 0.1) is 0 Å². The summed E-state index contributed by atoms with van der Waals surface area (Å²) in [6, 6.07) is -0.280. The Morgan fingerprint density at radius 1 is 1.65 bits per heavy atom. The number of hydrogen-bond donors (Lipinski definition) is 2. The summed E-state index contributed by atoms with van der Waals surface area (Å²) >= 11 is 3.94. The molecule has 0 aliphatic heterocycles. The van der Waals surface area contributed by atoms with E-state index in [9.17, 15) is 9.18 Å². The van der Waals surface area contributed by atoms with E-state index in [0.717, 1.165) is 11.7 Å². The van der Waals surface area contributed by atoms with Crippen molar-refractivity contribution in [2.24, 2.45) is 0 Å². The number of nitrogen functional groups attached to an aromatic ring is 1. The van der Waals surface area contributed by atoms with E-state index in [2.05, 4.69) is 30.0 Å². The highest BCUT2D eigenvalue weighted by atomic mass is 79.9. The van der Waals surface area contributed by atoms with Crippen LogP contribution in [0.3, 0.4) is 0 Å². The number of halogens is 2. The fourth-order valence-electron chi connectivity index (χ4n) is 1.34. The second kappa shape index (κ2) is 4.92. The van der Waals surface area contributed by atoms with Gasteiger partial charge in [0.1, 0.15) is 5.83 Å². The smallest absolute Gasteiger partial charge is 0.275 e. The van der Waals surface area contributed by atoms with Gasteiger partial charge in [-0.25, -0.2) is 4.39 Å². The lowest BCUT2D eigenvalue weighted by Gasteiger charge is -2.16. The zero-order valence-electron chi connectivity index (χ0n) is 8.48. The molecule has 0 saturated carbocycles. The Kier molecular flexibility index (Phi) is 3.53. The molecule has 0 saturated heterocycles. The summed E-state index contributed by atoms with van der Waals surface area (Å²) in [5.41, 5.74) is 5.58. The predicted molar refractivity (Wildman–Crippen MR) is 66.4 cm³/mol. The van der Waals surface area contributed by atoms with Gasteiger partial charge in [0, 0.05) is 0 Å². The summed E-state index contributed by atoms with van der Waals surface area (Å²) in [6.07, 6.45) is 3.38. The van der Waals surface area contributed by atoms with Crippen molar-refractivity contribution in [2.75, 3.05) is 5.73 Å². The van der Waals surface area contributed by atoms with Crippen LogP contribution < -0.4 is 11.1 Å². The number of carbonyl (C=O) groups is 1. The van der Waals surface area contributed by atoms with Crippen molar-refractivity contribution in [1.29, 1.82) is 0 Å². The first-order chi connectivity index (χ1) is 8.08. The summed E-state index contributed by atoms with van der Waals surface area (Å²) in [7, 11) is 0. The summed E-state index contributed by atoms with van der Waals surface area (Å²) in [6.45, 7) is 0. The summed E-state index contributed by atoms with van der Waals surface area (Å²) < 4.78 is 20.8. The molecule has 1 unspecified atom stereocenters. The first-order valence-electron chi connectivity index (χ1n) is 4.70. The van der Waals surface area contributed by atoms with Crippen molar-refractivity contribution < 1.29 is 9.18 Å². The molecule has 17 heavy (non-hydrogen) atoms. The summed E-state index contributed by atoms with van der Waals surface area (Å²) in [4.78, 5) is 11.7. The van der Waals surface area contributed by atoms with Crippen molar-refractivity contribution >= 4 is 39.4 Å². The standard InChI is InChI=1S/C9H8BrFN4OS/c10-5-3-4(1-2-6(5)11)13-9(16)7-8(12)15-17-14-7/h2-4H,1H2,(H2,12,15)(H,13,16). The van der Waals surface area contributed by atoms with E-state index in [4.69, 9.17) is 5.73 Å². The van der Waals surface area contributed by atoms with E-state index in [-0.39, 0.29) is 23.4 Å². The number of aromatic nitrogens is 2. The van der Waals surface area contributed by atoms with Gasteiger partial charge in [-0.3, -0.25) is 4.79 Å². The number of carbonyl (C=O) groups excluding carboxylic acids is 1. The number of amides is 1. The van der Waals surface area contributed by atoms with Crippen molar-refractivity contribution in [2.45, 2.75) is 12.5 Å². The first-order valence-corrected chi connectivity index (χ1v) is 6.22. The maximum atomic E-state index is 13.0. The molecule has 2 rings (SSSR count). The Morgan fingerprint density at radius 2 is 2.41 bits per heavy atom. The summed E-state index contributed by atoms with van der Waals surface area (Å²) in [5, 5.41) is 2.68. The molecule has 0 radical (unpaired) electrons. The van der Waals surface area contributed by atoms with Gasteiger partial charge in [-0.15, -0.1) is 0 Å². The molecule has 8 heteroatoms. The summed E-state index contributed by atoms with van der Waals surface area (Å²) in [5.74, 6) is -0.632. The topological polar surface area (TPSA) is 80.9 Å². The minimum absolute atomic E-state index is 0.105. The number of anilines is 1. The Morgan fingerprint density at radius 3 is 3.00 bits per heavy atom. The number of hydrogen-bond acceptors (Lipinski definition) is 5. The van der Waals surface area contributed by atoms with Gasteiger partial charge in [0.05, 0.1) is 22.3 Å². The van der Waals surface area contributed by atoms with Crippen LogP contribution in [-0.2, 0) is 0 Å². The van der Waals surface area contributed by atoms with Gasteiger partial charge in [-0.1, -0.05) is 0 Å². The molecule has 1 aliphatic carbocycles. The lowest BCUT2D eigenvalue weighted by atomic mass is 10.1. The van der Waals surface area contributed by atoms with Crippen LogP contribution in [-0.4, -0.2) is 20.7 Å². The number of nitrogens with one attached hydrogen (secondary N) is 1. The van der Waals surface area contributed by atoms with Crippen molar-refractivity contribution in [3.05, 3.63) is 28.2 Å². The Labute approximate surface area is 109 Å². The van der Waals surface area contributed by atoms with E-state index >= 15 is 0 Å². The first kappa shape index (κ1) is 12.2. The highest BCUT2D eigenvalue weighted by Crippen LogP contribution is 2.25. The normalized spacial score (nSPS) is 19.5. The number of rotatable bonds is 2. The third-order valence-corrected chi connectivity index (χ3v) is 3.36. The van der Waals surface area contributed by atoms with Gasteiger partial charge < -0.3 is 11.1 Å². The van der Waals surface area contributed by atoms with Crippen LogP contribution >= 0.6 is 27.7 Å². The maximum absolute atomic E-state index is 13.0. The van der Waals surface area contributed by atoms with Crippen molar-refractivity contribution in [1.82, 2.24) is 14.1 Å². The molecular formula is C9H8BrFN4OS. The zero-order chi connectivity index (χ0) is 12.4. The Balaban J connectivity index is 2.04. The third-order valence-electron chi connectivity index (χ3n) is 2.17. The Bertz CT molecular complexity index is 513. The van der Waals surface area contributed by atoms with Gasteiger partial charge in [0.15, 0.2) is 11.5 Å². The lowest BCUT2D eigenvalue weighted by Crippen LogP contribution is -2.34. The molecule has 1 aliphatic rings. The number of nitrogens with zero attached hydrogens (tertiary/aromatic N) is 2.